The number of hydrogen-bond donors (Lipinski definition) is 2. The van der Waals surface area contributed by atoms with Crippen LogP contribution in [0.5, 0.6) is 0 Å². The summed E-state index contributed by atoms with van der Waals surface area (Å²) in [6.45, 7) is 7.70. The number of rotatable bonds is 2. The smallest absolute Gasteiger partial charge is 0.0473 e. The molecule has 0 amide bonds. The molecule has 1 aliphatic heterocycles. The summed E-state index contributed by atoms with van der Waals surface area (Å²) in [6, 6.07) is 7.24. The highest BCUT2D eigenvalue weighted by molar-refractivity contribution is 5.86. The number of benzene rings is 1. The highest BCUT2D eigenvalue weighted by atomic mass is 15.2. The van der Waals surface area contributed by atoms with Gasteiger partial charge < -0.3 is 15.2 Å². The van der Waals surface area contributed by atoms with E-state index in [1.54, 1.807) is 0 Å². The third-order valence-corrected chi connectivity index (χ3v) is 4.24. The average molecular weight is 257 g/mol. The van der Waals surface area contributed by atoms with Crippen LogP contribution in [0.3, 0.4) is 0 Å². The van der Waals surface area contributed by atoms with Crippen molar-refractivity contribution in [2.45, 2.75) is 26.3 Å². The summed E-state index contributed by atoms with van der Waals surface area (Å²) < 4.78 is 0. The number of nitrogens with zero attached hydrogens (tertiary/aromatic N) is 1. The van der Waals surface area contributed by atoms with Gasteiger partial charge in [-0.2, -0.15) is 0 Å². The quantitative estimate of drug-likeness (QED) is 0.866. The van der Waals surface area contributed by atoms with Crippen molar-refractivity contribution in [1.82, 2.24) is 15.2 Å². The van der Waals surface area contributed by atoms with Gasteiger partial charge in [-0.1, -0.05) is 13.0 Å². The van der Waals surface area contributed by atoms with E-state index in [2.05, 4.69) is 54.3 Å². The van der Waals surface area contributed by atoms with E-state index in [4.69, 9.17) is 0 Å². The fourth-order valence-corrected chi connectivity index (χ4v) is 3.15. The Morgan fingerprint density at radius 1 is 1.37 bits per heavy atom. The van der Waals surface area contributed by atoms with E-state index < -0.39 is 0 Å². The molecule has 0 spiro atoms. The van der Waals surface area contributed by atoms with Crippen LogP contribution in [-0.4, -0.2) is 36.6 Å². The molecule has 2 aromatic rings. The van der Waals surface area contributed by atoms with Crippen LogP contribution in [0.4, 0.5) is 0 Å². The maximum absolute atomic E-state index is 3.66. The highest BCUT2D eigenvalue weighted by Gasteiger charge is 2.23. The summed E-state index contributed by atoms with van der Waals surface area (Å²) >= 11 is 0. The number of aryl methyl sites for hydroxylation is 2. The minimum Gasteiger partial charge on any atom is -0.358 e. The molecule has 1 atom stereocenters. The van der Waals surface area contributed by atoms with Crippen molar-refractivity contribution < 1.29 is 0 Å². The molecular weight excluding hydrogens is 234 g/mol. The summed E-state index contributed by atoms with van der Waals surface area (Å²) in [5.74, 6) is 0. The molecule has 1 fully saturated rings. The number of nitrogens with one attached hydrogen (secondary N) is 2. The van der Waals surface area contributed by atoms with Gasteiger partial charge in [-0.05, 0) is 43.7 Å². The van der Waals surface area contributed by atoms with E-state index in [1.165, 1.54) is 27.7 Å². The first kappa shape index (κ1) is 12.7. The standard InChI is InChI=1S/C16H23N3/c1-4-12-5-6-14-13(9-12)16(11(2)18-14)15-10-19(3)8-7-17-15/h5-6,9,15,17-18H,4,7-8,10H2,1-3H3. The average Bonchev–Trinajstić information content (AvgIpc) is 2.73. The Morgan fingerprint density at radius 3 is 2.95 bits per heavy atom. The van der Waals surface area contributed by atoms with Crippen molar-refractivity contribution in [1.29, 1.82) is 0 Å². The predicted molar refractivity (Wildman–Crippen MR) is 80.7 cm³/mol. The molecule has 0 aliphatic carbocycles. The van der Waals surface area contributed by atoms with E-state index in [-0.39, 0.29) is 0 Å². The van der Waals surface area contributed by atoms with Gasteiger partial charge in [0.25, 0.3) is 0 Å². The summed E-state index contributed by atoms with van der Waals surface area (Å²) in [5.41, 5.74) is 5.43. The van der Waals surface area contributed by atoms with Crippen LogP contribution < -0.4 is 5.32 Å². The van der Waals surface area contributed by atoms with Gasteiger partial charge in [-0.25, -0.2) is 0 Å². The third kappa shape index (κ3) is 2.28. The molecule has 3 nitrogen and oxygen atoms in total. The van der Waals surface area contributed by atoms with Crippen molar-refractivity contribution in [2.75, 3.05) is 26.7 Å². The number of H-pyrrole nitrogens is 1. The molecule has 1 saturated heterocycles. The first-order valence-electron chi connectivity index (χ1n) is 7.22. The first-order valence-corrected chi connectivity index (χ1v) is 7.22. The van der Waals surface area contributed by atoms with Crippen LogP contribution in [0, 0.1) is 6.92 Å². The number of likely N-dealkylation sites (N-methyl/N-ethyl adjacent to an activating group) is 1. The molecule has 3 heteroatoms. The summed E-state index contributed by atoms with van der Waals surface area (Å²) in [5, 5.41) is 5.05. The van der Waals surface area contributed by atoms with Crippen LogP contribution in [0.15, 0.2) is 18.2 Å². The van der Waals surface area contributed by atoms with Crippen molar-refractivity contribution in [3.05, 3.63) is 35.0 Å². The number of aromatic nitrogens is 1. The Kier molecular flexibility index (Phi) is 3.33. The molecule has 0 saturated carbocycles. The molecule has 102 valence electrons. The van der Waals surface area contributed by atoms with E-state index >= 15 is 0 Å². The van der Waals surface area contributed by atoms with Gasteiger partial charge in [0, 0.05) is 42.3 Å². The van der Waals surface area contributed by atoms with Gasteiger partial charge in [-0.3, -0.25) is 0 Å². The fraction of sp³-hybridized carbons (Fsp3) is 0.500. The molecule has 2 heterocycles. The monoisotopic (exact) mass is 257 g/mol. The lowest BCUT2D eigenvalue weighted by molar-refractivity contribution is 0.241. The van der Waals surface area contributed by atoms with Gasteiger partial charge in [-0.15, -0.1) is 0 Å². The second kappa shape index (κ2) is 4.99. The second-order valence-electron chi connectivity index (χ2n) is 5.67. The molecule has 2 N–H and O–H groups in total. The van der Waals surface area contributed by atoms with Gasteiger partial charge in [0.2, 0.25) is 0 Å². The zero-order valence-electron chi connectivity index (χ0n) is 12.1. The Bertz CT molecular complexity index is 585. The van der Waals surface area contributed by atoms with Crippen molar-refractivity contribution in [2.24, 2.45) is 0 Å². The lowest BCUT2D eigenvalue weighted by atomic mass is 9.99. The van der Waals surface area contributed by atoms with E-state index in [0.717, 1.165) is 26.1 Å². The number of hydrogen-bond acceptors (Lipinski definition) is 2. The number of fused-ring (bicyclic) bond motifs is 1. The van der Waals surface area contributed by atoms with Crippen LogP contribution >= 0.6 is 0 Å². The largest absolute Gasteiger partial charge is 0.358 e. The van der Waals surface area contributed by atoms with E-state index in [9.17, 15) is 0 Å². The highest BCUT2D eigenvalue weighted by Crippen LogP contribution is 2.30. The van der Waals surface area contributed by atoms with Crippen molar-refractivity contribution >= 4 is 10.9 Å². The molecule has 0 bridgehead atoms. The molecule has 19 heavy (non-hydrogen) atoms. The van der Waals surface area contributed by atoms with Crippen molar-refractivity contribution in [3.8, 4) is 0 Å². The first-order chi connectivity index (χ1) is 9.19. The lowest BCUT2D eigenvalue weighted by Crippen LogP contribution is -2.43. The molecule has 3 rings (SSSR count). The maximum atomic E-state index is 3.66. The van der Waals surface area contributed by atoms with Crippen LogP contribution in [0.1, 0.15) is 29.8 Å². The van der Waals surface area contributed by atoms with Crippen molar-refractivity contribution in [3.63, 3.8) is 0 Å². The molecule has 0 radical (unpaired) electrons. The van der Waals surface area contributed by atoms with E-state index in [0.29, 0.717) is 6.04 Å². The topological polar surface area (TPSA) is 31.1 Å². The summed E-state index contributed by atoms with van der Waals surface area (Å²) in [6.07, 6.45) is 1.09. The summed E-state index contributed by atoms with van der Waals surface area (Å²) in [4.78, 5) is 5.94. The number of piperazine rings is 1. The Balaban J connectivity index is 2.08. The Morgan fingerprint density at radius 2 is 2.21 bits per heavy atom. The minimum atomic E-state index is 0.444. The normalized spacial score (nSPS) is 21.1. The third-order valence-electron chi connectivity index (χ3n) is 4.24. The zero-order valence-corrected chi connectivity index (χ0v) is 12.1. The predicted octanol–water partition coefficient (Wildman–Crippen LogP) is 2.61. The molecular formula is C16H23N3. The van der Waals surface area contributed by atoms with Gasteiger partial charge >= 0.3 is 0 Å². The molecule has 1 aromatic heterocycles. The van der Waals surface area contributed by atoms with Gasteiger partial charge in [0.1, 0.15) is 0 Å². The van der Waals surface area contributed by atoms with Crippen LogP contribution in [0.2, 0.25) is 0 Å². The van der Waals surface area contributed by atoms with Crippen LogP contribution in [-0.2, 0) is 6.42 Å². The lowest BCUT2D eigenvalue weighted by Gasteiger charge is -2.31. The van der Waals surface area contributed by atoms with Crippen LogP contribution in [0.25, 0.3) is 10.9 Å². The second-order valence-corrected chi connectivity index (χ2v) is 5.67. The zero-order chi connectivity index (χ0) is 13.4. The van der Waals surface area contributed by atoms with E-state index in [1.807, 2.05) is 0 Å². The molecule has 1 aliphatic rings. The fourth-order valence-electron chi connectivity index (χ4n) is 3.15. The summed E-state index contributed by atoms with van der Waals surface area (Å²) in [7, 11) is 2.20. The SMILES string of the molecule is CCc1ccc2[nH]c(C)c(C3CN(C)CCN3)c2c1. The number of aromatic amines is 1. The Hall–Kier alpha value is -1.32. The Labute approximate surface area is 115 Å². The minimum absolute atomic E-state index is 0.444. The molecule has 1 aromatic carbocycles. The maximum Gasteiger partial charge on any atom is 0.0473 e. The van der Waals surface area contributed by atoms with Gasteiger partial charge in [0.15, 0.2) is 0 Å². The molecule has 1 unspecified atom stereocenters. The van der Waals surface area contributed by atoms with Gasteiger partial charge in [0.05, 0.1) is 0 Å².